The summed E-state index contributed by atoms with van der Waals surface area (Å²) in [6, 6.07) is 25.5. The molecule has 6 aromatic rings. The van der Waals surface area contributed by atoms with Gasteiger partial charge in [-0.2, -0.15) is 0 Å². The van der Waals surface area contributed by atoms with E-state index in [4.69, 9.17) is 21.0 Å². The first-order valence-electron chi connectivity index (χ1n) is 16.1. The molecule has 46 heavy (non-hydrogen) atoms. The highest BCUT2D eigenvalue weighted by atomic mass is 35.5. The van der Waals surface area contributed by atoms with Gasteiger partial charge in [-0.1, -0.05) is 93.0 Å². The second-order valence-corrected chi connectivity index (χ2v) is 18.0. The zero-order valence-electron chi connectivity index (χ0n) is 26.6. The maximum Gasteiger partial charge on any atom is 0.329 e. The summed E-state index contributed by atoms with van der Waals surface area (Å²) in [5.74, 6) is 0.776. The van der Waals surface area contributed by atoms with Gasteiger partial charge in [-0.25, -0.2) is 14.8 Å². The maximum atomic E-state index is 13.7. The Balaban J connectivity index is 1.16. The Bertz CT molecular complexity index is 2000. The highest BCUT2D eigenvalue weighted by Gasteiger charge is 2.50. The lowest BCUT2D eigenvalue weighted by molar-refractivity contribution is 0.285. The van der Waals surface area contributed by atoms with Gasteiger partial charge in [-0.05, 0) is 53.2 Å². The maximum absolute atomic E-state index is 13.7. The van der Waals surface area contributed by atoms with Crippen LogP contribution in [0.15, 0.2) is 96.2 Å². The van der Waals surface area contributed by atoms with Crippen LogP contribution in [0.2, 0.25) is 10.1 Å². The third kappa shape index (κ3) is 5.50. The number of benzene rings is 2. The molecule has 1 saturated carbocycles. The van der Waals surface area contributed by atoms with E-state index in [1.54, 1.807) is 23.2 Å². The van der Waals surface area contributed by atoms with E-state index in [0.29, 0.717) is 24.7 Å². The quantitative estimate of drug-likeness (QED) is 0.121. The standard InChI is InChI=1S/C36H39ClN6O2Si/c1-36(2,3)46(28-12-6-4-7-13-28,29-14-8-5-9-15-29)45-21-11-10-20-41-33(40-30-22-26(37)23-39-34(30)41)25-42-32-24-38-19-18-31(32)43(35(42)44)27-16-17-27/h4-9,12-15,18-19,22-24,27H,10-11,16-17,20-21,25H2,1-3H3. The predicted molar refractivity (Wildman–Crippen MR) is 187 cm³/mol. The minimum atomic E-state index is -2.60. The van der Waals surface area contributed by atoms with Crippen LogP contribution in [0.25, 0.3) is 22.2 Å². The van der Waals surface area contributed by atoms with Gasteiger partial charge in [0.25, 0.3) is 8.32 Å². The number of rotatable bonds is 11. The van der Waals surface area contributed by atoms with Crippen molar-refractivity contribution in [3.05, 3.63) is 113 Å². The molecule has 1 aliphatic carbocycles. The lowest BCUT2D eigenvalue weighted by Crippen LogP contribution is -2.66. The molecule has 0 unspecified atom stereocenters. The van der Waals surface area contributed by atoms with Crippen molar-refractivity contribution in [3.63, 3.8) is 0 Å². The number of aryl methyl sites for hydroxylation is 1. The number of unbranched alkanes of at least 4 members (excludes halogenated alkanes) is 1. The lowest BCUT2D eigenvalue weighted by atomic mass is 10.2. The van der Waals surface area contributed by atoms with Crippen LogP contribution in [0.4, 0.5) is 0 Å². The van der Waals surface area contributed by atoms with Crippen LogP contribution in [-0.2, 0) is 17.5 Å². The molecule has 0 spiro atoms. The number of pyridine rings is 2. The molecule has 0 bridgehead atoms. The number of fused-ring (bicyclic) bond motifs is 2. The van der Waals surface area contributed by atoms with Crippen LogP contribution >= 0.6 is 11.6 Å². The molecule has 0 N–H and O–H groups in total. The molecule has 0 aliphatic heterocycles. The average Bonchev–Trinajstić information content (AvgIpc) is 3.78. The molecular weight excluding hydrogens is 612 g/mol. The highest BCUT2D eigenvalue weighted by Crippen LogP contribution is 2.37. The number of nitrogens with zero attached hydrogens (tertiary/aromatic N) is 6. The van der Waals surface area contributed by atoms with E-state index in [9.17, 15) is 4.79 Å². The van der Waals surface area contributed by atoms with Gasteiger partial charge in [0, 0.05) is 31.6 Å². The number of aromatic nitrogens is 6. The first kappa shape index (κ1) is 30.6. The van der Waals surface area contributed by atoms with Gasteiger partial charge in [-0.3, -0.25) is 14.1 Å². The zero-order chi connectivity index (χ0) is 31.9. The van der Waals surface area contributed by atoms with Crippen LogP contribution in [0.5, 0.6) is 0 Å². The molecule has 236 valence electrons. The molecule has 4 heterocycles. The van der Waals surface area contributed by atoms with Crippen molar-refractivity contribution in [2.45, 2.75) is 70.6 Å². The SMILES string of the molecule is CC(C)(C)[Si](OCCCCn1c(Cn2c(=O)n(C3CC3)c3ccncc32)nc2cc(Cl)cnc21)(c1ccccc1)c1ccccc1. The van der Waals surface area contributed by atoms with Crippen molar-refractivity contribution in [1.29, 1.82) is 0 Å². The summed E-state index contributed by atoms with van der Waals surface area (Å²) in [4.78, 5) is 27.6. The first-order valence-corrected chi connectivity index (χ1v) is 18.4. The van der Waals surface area contributed by atoms with Crippen LogP contribution in [-0.4, -0.2) is 43.6 Å². The molecule has 0 radical (unpaired) electrons. The van der Waals surface area contributed by atoms with Gasteiger partial charge in [0.1, 0.15) is 11.3 Å². The Kier molecular flexibility index (Phi) is 8.17. The molecule has 7 rings (SSSR count). The van der Waals surface area contributed by atoms with E-state index in [1.807, 2.05) is 16.7 Å². The first-order chi connectivity index (χ1) is 22.3. The van der Waals surface area contributed by atoms with Crippen molar-refractivity contribution in [2.24, 2.45) is 0 Å². The van der Waals surface area contributed by atoms with Crippen molar-refractivity contribution in [2.75, 3.05) is 6.61 Å². The molecular formula is C36H39ClN6O2Si. The second kappa shape index (κ2) is 12.3. The van der Waals surface area contributed by atoms with Gasteiger partial charge >= 0.3 is 5.69 Å². The van der Waals surface area contributed by atoms with Gasteiger partial charge < -0.3 is 8.99 Å². The molecule has 8 nitrogen and oxygen atoms in total. The molecule has 0 amide bonds. The Hall–Kier alpha value is -4.05. The highest BCUT2D eigenvalue weighted by molar-refractivity contribution is 6.99. The van der Waals surface area contributed by atoms with E-state index >= 15 is 0 Å². The molecule has 2 aromatic carbocycles. The smallest absolute Gasteiger partial charge is 0.329 e. The molecule has 10 heteroatoms. The van der Waals surface area contributed by atoms with Crippen LogP contribution < -0.4 is 16.1 Å². The molecule has 4 aromatic heterocycles. The summed E-state index contributed by atoms with van der Waals surface area (Å²) in [7, 11) is -2.60. The monoisotopic (exact) mass is 650 g/mol. The van der Waals surface area contributed by atoms with E-state index in [-0.39, 0.29) is 16.8 Å². The summed E-state index contributed by atoms with van der Waals surface area (Å²) in [6.07, 6.45) is 8.97. The summed E-state index contributed by atoms with van der Waals surface area (Å²) < 4.78 is 13.0. The zero-order valence-corrected chi connectivity index (χ0v) is 28.3. The molecule has 0 atom stereocenters. The Labute approximate surface area is 274 Å². The average molecular weight is 651 g/mol. The van der Waals surface area contributed by atoms with E-state index in [2.05, 4.69) is 96.0 Å². The normalized spacial score (nSPS) is 14.0. The lowest BCUT2D eigenvalue weighted by Gasteiger charge is -2.43. The minimum absolute atomic E-state index is 0.0196. The third-order valence-corrected chi connectivity index (χ3v) is 14.4. The van der Waals surface area contributed by atoms with E-state index in [0.717, 1.165) is 53.7 Å². The summed E-state index contributed by atoms with van der Waals surface area (Å²) in [5.41, 5.74) is 3.22. The second-order valence-electron chi connectivity index (χ2n) is 13.2. The van der Waals surface area contributed by atoms with Crippen molar-refractivity contribution >= 4 is 52.5 Å². The van der Waals surface area contributed by atoms with Crippen LogP contribution in [0.1, 0.15) is 58.3 Å². The molecule has 1 aliphatic rings. The van der Waals surface area contributed by atoms with Crippen molar-refractivity contribution in [3.8, 4) is 0 Å². The molecule has 1 fully saturated rings. The van der Waals surface area contributed by atoms with Crippen molar-refractivity contribution in [1.82, 2.24) is 28.7 Å². The van der Waals surface area contributed by atoms with E-state index < -0.39 is 8.32 Å². The molecule has 0 saturated heterocycles. The van der Waals surface area contributed by atoms with E-state index in [1.165, 1.54) is 10.4 Å². The van der Waals surface area contributed by atoms with Crippen molar-refractivity contribution < 1.29 is 4.43 Å². The Morgan fingerprint density at radius 1 is 0.913 bits per heavy atom. The Morgan fingerprint density at radius 2 is 1.61 bits per heavy atom. The summed E-state index contributed by atoms with van der Waals surface area (Å²) >= 11 is 6.32. The van der Waals surface area contributed by atoms with Gasteiger partial charge in [0.15, 0.2) is 5.65 Å². The van der Waals surface area contributed by atoms with Crippen LogP contribution in [0, 0.1) is 0 Å². The Morgan fingerprint density at radius 3 is 2.26 bits per heavy atom. The number of hydrogen-bond acceptors (Lipinski definition) is 5. The van der Waals surface area contributed by atoms with Gasteiger partial charge in [-0.15, -0.1) is 0 Å². The largest absolute Gasteiger partial charge is 0.407 e. The number of imidazole rings is 2. The number of hydrogen-bond donors (Lipinski definition) is 0. The fourth-order valence-corrected chi connectivity index (χ4v) is 11.6. The summed E-state index contributed by atoms with van der Waals surface area (Å²) in [5, 5.41) is 3.02. The third-order valence-electron chi connectivity index (χ3n) is 9.12. The number of halogens is 1. The topological polar surface area (TPSA) is 79.8 Å². The van der Waals surface area contributed by atoms with Crippen LogP contribution in [0.3, 0.4) is 0 Å². The predicted octanol–water partition coefficient (Wildman–Crippen LogP) is 6.34. The van der Waals surface area contributed by atoms with Gasteiger partial charge in [0.2, 0.25) is 0 Å². The fraction of sp³-hybridized carbons (Fsp3) is 0.333. The minimum Gasteiger partial charge on any atom is -0.407 e. The van der Waals surface area contributed by atoms with Gasteiger partial charge in [0.05, 0.1) is 28.8 Å². The fourth-order valence-electron chi connectivity index (χ4n) is 6.85. The summed E-state index contributed by atoms with van der Waals surface area (Å²) in [6.45, 7) is 8.56.